The van der Waals surface area contributed by atoms with Crippen molar-refractivity contribution in [3.8, 4) is 0 Å². The van der Waals surface area contributed by atoms with E-state index in [1.165, 1.54) is 0 Å². The summed E-state index contributed by atoms with van der Waals surface area (Å²) in [6, 6.07) is 0.267. The quantitative estimate of drug-likeness (QED) is 0.679. The summed E-state index contributed by atoms with van der Waals surface area (Å²) in [6.45, 7) is 3.20. The summed E-state index contributed by atoms with van der Waals surface area (Å²) in [5, 5.41) is 3.27. The molecule has 2 aliphatic heterocycles. The number of amides is 1. The van der Waals surface area contributed by atoms with E-state index in [9.17, 15) is 4.79 Å². The van der Waals surface area contributed by atoms with Gasteiger partial charge in [0.2, 0.25) is 5.91 Å². The highest BCUT2D eigenvalue weighted by Crippen LogP contribution is 2.18. The topological polar surface area (TPSA) is 41.6 Å². The van der Waals surface area contributed by atoms with Gasteiger partial charge in [0.15, 0.2) is 0 Å². The lowest BCUT2D eigenvalue weighted by Crippen LogP contribution is -2.53. The maximum Gasteiger partial charge on any atom is 0.233 e. The Morgan fingerprint density at radius 2 is 2.50 bits per heavy atom. The number of fused-ring (bicyclic) bond motifs is 1. The maximum absolute atomic E-state index is 11.8. The minimum atomic E-state index is 0.217. The predicted octanol–water partition coefficient (Wildman–Crippen LogP) is -0.451. The zero-order chi connectivity index (χ0) is 9.97. The summed E-state index contributed by atoms with van der Waals surface area (Å²) in [4.78, 5) is 13.7. The third kappa shape index (κ3) is 1.89. The fourth-order valence-corrected chi connectivity index (χ4v) is 2.52. The predicted molar refractivity (Wildman–Crippen MR) is 56.5 cm³/mol. The van der Waals surface area contributed by atoms with Crippen molar-refractivity contribution in [2.45, 2.75) is 12.1 Å². The van der Waals surface area contributed by atoms with Gasteiger partial charge in [0.25, 0.3) is 0 Å². The summed E-state index contributed by atoms with van der Waals surface area (Å²) >= 11 is 1.59. The lowest BCUT2D eigenvalue weighted by Gasteiger charge is -2.36. The van der Waals surface area contributed by atoms with E-state index in [0.717, 1.165) is 19.6 Å². The lowest BCUT2D eigenvalue weighted by atomic mass is 10.1. The van der Waals surface area contributed by atoms with Crippen LogP contribution in [-0.4, -0.2) is 61.2 Å². The number of thioether (sulfide) groups is 1. The van der Waals surface area contributed by atoms with E-state index in [-0.39, 0.29) is 18.1 Å². The molecule has 0 aromatic rings. The molecule has 2 unspecified atom stereocenters. The Balaban J connectivity index is 1.99. The van der Waals surface area contributed by atoms with Crippen molar-refractivity contribution in [1.29, 1.82) is 0 Å². The van der Waals surface area contributed by atoms with Gasteiger partial charge in [0, 0.05) is 19.6 Å². The van der Waals surface area contributed by atoms with E-state index in [2.05, 4.69) is 5.32 Å². The Hall–Kier alpha value is -0.260. The van der Waals surface area contributed by atoms with Crippen LogP contribution in [0.15, 0.2) is 0 Å². The van der Waals surface area contributed by atoms with Gasteiger partial charge in [-0.15, -0.1) is 0 Å². The second kappa shape index (κ2) is 4.51. The second-order valence-corrected chi connectivity index (χ2v) is 4.52. The van der Waals surface area contributed by atoms with Gasteiger partial charge in [-0.3, -0.25) is 4.79 Å². The third-order valence-corrected chi connectivity index (χ3v) is 3.32. The molecule has 0 aliphatic carbocycles. The molecule has 0 radical (unpaired) electrons. The normalized spacial score (nSPS) is 31.6. The zero-order valence-corrected chi connectivity index (χ0v) is 9.18. The number of morpholine rings is 1. The number of hydrogen-bond acceptors (Lipinski definition) is 4. The van der Waals surface area contributed by atoms with Crippen LogP contribution in [0, 0.1) is 0 Å². The van der Waals surface area contributed by atoms with Crippen molar-refractivity contribution in [2.24, 2.45) is 0 Å². The minimum Gasteiger partial charge on any atom is -0.373 e. The maximum atomic E-state index is 11.8. The van der Waals surface area contributed by atoms with E-state index in [1.54, 1.807) is 11.8 Å². The highest BCUT2D eigenvalue weighted by molar-refractivity contribution is 7.99. The van der Waals surface area contributed by atoms with Gasteiger partial charge in [-0.05, 0) is 6.26 Å². The monoisotopic (exact) mass is 216 g/mol. The largest absolute Gasteiger partial charge is 0.373 e. The molecule has 2 atom stereocenters. The van der Waals surface area contributed by atoms with E-state index in [1.807, 2.05) is 11.2 Å². The summed E-state index contributed by atoms with van der Waals surface area (Å²) in [5.41, 5.74) is 0. The molecular weight excluding hydrogens is 200 g/mol. The first-order valence-corrected chi connectivity index (χ1v) is 6.33. The van der Waals surface area contributed by atoms with E-state index in [0.29, 0.717) is 12.4 Å². The number of carbonyl (C=O) groups excluding carboxylic acids is 1. The number of ether oxygens (including phenoxy) is 1. The number of carbonyl (C=O) groups is 1. The van der Waals surface area contributed by atoms with Crippen LogP contribution in [0.3, 0.4) is 0 Å². The molecule has 0 spiro atoms. The SMILES string of the molecule is CSCC(=O)N1CCOC2CNCC21. The molecule has 2 heterocycles. The molecule has 80 valence electrons. The van der Waals surface area contributed by atoms with Gasteiger partial charge in [-0.2, -0.15) is 11.8 Å². The second-order valence-electron chi connectivity index (χ2n) is 3.65. The molecular formula is C9H16N2O2S. The molecule has 4 nitrogen and oxygen atoms in total. The number of nitrogens with zero attached hydrogens (tertiary/aromatic N) is 1. The van der Waals surface area contributed by atoms with E-state index in [4.69, 9.17) is 4.74 Å². The Morgan fingerprint density at radius 3 is 3.29 bits per heavy atom. The Kier molecular flexibility index (Phi) is 3.30. The van der Waals surface area contributed by atoms with Crippen LogP contribution in [-0.2, 0) is 9.53 Å². The van der Waals surface area contributed by atoms with Crippen LogP contribution in [0.4, 0.5) is 0 Å². The summed E-state index contributed by atoms with van der Waals surface area (Å²) in [5.74, 6) is 0.836. The van der Waals surface area contributed by atoms with Crippen LogP contribution < -0.4 is 5.32 Å². The first-order chi connectivity index (χ1) is 6.83. The Morgan fingerprint density at radius 1 is 1.64 bits per heavy atom. The number of nitrogens with one attached hydrogen (secondary N) is 1. The molecule has 2 aliphatic rings. The molecule has 0 aromatic heterocycles. The summed E-state index contributed by atoms with van der Waals surface area (Å²) in [6.07, 6.45) is 2.18. The third-order valence-electron chi connectivity index (χ3n) is 2.78. The molecule has 2 rings (SSSR count). The van der Waals surface area contributed by atoms with Crippen molar-refractivity contribution in [2.75, 3.05) is 38.2 Å². The molecule has 2 fully saturated rings. The average molecular weight is 216 g/mol. The van der Waals surface area contributed by atoms with Crippen LogP contribution in [0.1, 0.15) is 0 Å². The van der Waals surface area contributed by atoms with Gasteiger partial charge in [-0.1, -0.05) is 0 Å². The Bertz CT molecular complexity index is 225. The van der Waals surface area contributed by atoms with Gasteiger partial charge in [0.1, 0.15) is 0 Å². The molecule has 5 heteroatoms. The van der Waals surface area contributed by atoms with Crippen LogP contribution in [0.5, 0.6) is 0 Å². The van der Waals surface area contributed by atoms with Crippen molar-refractivity contribution >= 4 is 17.7 Å². The van der Waals surface area contributed by atoms with Crippen molar-refractivity contribution in [3.63, 3.8) is 0 Å². The van der Waals surface area contributed by atoms with Crippen LogP contribution >= 0.6 is 11.8 Å². The molecule has 14 heavy (non-hydrogen) atoms. The van der Waals surface area contributed by atoms with Crippen molar-refractivity contribution in [3.05, 3.63) is 0 Å². The first kappa shape index (κ1) is 10.3. The molecule has 0 saturated carbocycles. The number of hydrogen-bond donors (Lipinski definition) is 1. The fourth-order valence-electron chi connectivity index (χ4n) is 2.11. The van der Waals surface area contributed by atoms with E-state index < -0.39 is 0 Å². The van der Waals surface area contributed by atoms with Crippen molar-refractivity contribution in [1.82, 2.24) is 10.2 Å². The van der Waals surface area contributed by atoms with E-state index >= 15 is 0 Å². The number of rotatable bonds is 2. The molecule has 1 N–H and O–H groups in total. The van der Waals surface area contributed by atoms with Gasteiger partial charge in [0.05, 0.1) is 24.5 Å². The van der Waals surface area contributed by atoms with Crippen LogP contribution in [0.2, 0.25) is 0 Å². The van der Waals surface area contributed by atoms with Crippen molar-refractivity contribution < 1.29 is 9.53 Å². The standard InChI is InChI=1S/C9H16N2O2S/c1-14-6-9(12)11-2-3-13-8-5-10-4-7(8)11/h7-8,10H,2-6H2,1H3. The molecule has 2 saturated heterocycles. The molecule has 0 bridgehead atoms. The average Bonchev–Trinajstić information content (AvgIpc) is 2.65. The smallest absolute Gasteiger partial charge is 0.233 e. The minimum absolute atomic E-state index is 0.217. The molecule has 0 aromatic carbocycles. The zero-order valence-electron chi connectivity index (χ0n) is 8.36. The van der Waals surface area contributed by atoms with Crippen LogP contribution in [0.25, 0.3) is 0 Å². The first-order valence-electron chi connectivity index (χ1n) is 4.93. The molecule has 1 amide bonds. The lowest BCUT2D eigenvalue weighted by molar-refractivity contribution is -0.139. The van der Waals surface area contributed by atoms with Gasteiger partial charge >= 0.3 is 0 Å². The summed E-state index contributed by atoms with van der Waals surface area (Å²) in [7, 11) is 0. The van der Waals surface area contributed by atoms with Gasteiger partial charge in [-0.25, -0.2) is 0 Å². The fraction of sp³-hybridized carbons (Fsp3) is 0.889. The summed E-state index contributed by atoms with van der Waals surface area (Å²) < 4.78 is 5.60. The highest BCUT2D eigenvalue weighted by Gasteiger charge is 2.37. The van der Waals surface area contributed by atoms with Gasteiger partial charge < -0.3 is 15.0 Å². The Labute approximate surface area is 88.4 Å². The highest BCUT2D eigenvalue weighted by atomic mass is 32.2.